The summed E-state index contributed by atoms with van der Waals surface area (Å²) in [4.78, 5) is 14.2. The minimum absolute atomic E-state index is 0. The first kappa shape index (κ1) is 16.1. The molecule has 2 bridgehead atoms. The highest BCUT2D eigenvalue weighted by atomic mass is 35.5. The third-order valence-electron chi connectivity index (χ3n) is 4.26. The first-order valence-electron chi connectivity index (χ1n) is 7.32. The molecule has 5 heteroatoms. The van der Waals surface area contributed by atoms with Crippen LogP contribution in [0.1, 0.15) is 18.4 Å². The van der Waals surface area contributed by atoms with Gasteiger partial charge in [-0.05, 0) is 50.9 Å². The molecule has 1 aromatic carbocycles. The minimum atomic E-state index is -0.260. The van der Waals surface area contributed by atoms with Crippen LogP contribution in [0.15, 0.2) is 24.3 Å². The van der Waals surface area contributed by atoms with Crippen molar-refractivity contribution in [3.05, 3.63) is 29.8 Å². The lowest BCUT2D eigenvalue weighted by Crippen LogP contribution is -3.00. The van der Waals surface area contributed by atoms with Crippen LogP contribution in [0.2, 0.25) is 0 Å². The summed E-state index contributed by atoms with van der Waals surface area (Å²) in [7, 11) is 0. The average Bonchev–Trinajstić information content (AvgIpc) is 2.48. The standard InChI is InChI=1S/C16H21NO3.ClH/c1-12-2-4-14(5-3-12)19-11-16(18)20-15-10-17-8-6-13(15)7-9-17;/h2-5,13,15H,6-11H2,1H3;1H/p-1. The van der Waals surface area contributed by atoms with Crippen molar-refractivity contribution in [1.29, 1.82) is 0 Å². The molecule has 4 nitrogen and oxygen atoms in total. The molecule has 4 rings (SSSR count). The molecular formula is C16H21ClNO3-. The summed E-state index contributed by atoms with van der Waals surface area (Å²) < 4.78 is 11.0. The molecule has 3 saturated heterocycles. The van der Waals surface area contributed by atoms with Gasteiger partial charge in [0, 0.05) is 6.54 Å². The molecule has 0 saturated carbocycles. The predicted molar refractivity (Wildman–Crippen MR) is 75.7 cm³/mol. The number of carbonyl (C=O) groups excluding carboxylic acids is 1. The highest BCUT2D eigenvalue weighted by Gasteiger charge is 2.36. The predicted octanol–water partition coefficient (Wildman–Crippen LogP) is -0.985. The molecule has 21 heavy (non-hydrogen) atoms. The van der Waals surface area contributed by atoms with Crippen LogP contribution < -0.4 is 17.1 Å². The Hall–Kier alpha value is -1.26. The van der Waals surface area contributed by atoms with Gasteiger partial charge in [0.2, 0.25) is 0 Å². The fourth-order valence-corrected chi connectivity index (χ4v) is 3.02. The molecular weight excluding hydrogens is 290 g/mol. The first-order valence-corrected chi connectivity index (χ1v) is 7.32. The largest absolute Gasteiger partial charge is 1.00 e. The number of ether oxygens (including phenoxy) is 2. The van der Waals surface area contributed by atoms with Crippen molar-refractivity contribution in [3.63, 3.8) is 0 Å². The van der Waals surface area contributed by atoms with Gasteiger partial charge in [-0.3, -0.25) is 4.90 Å². The monoisotopic (exact) mass is 310 g/mol. The molecule has 116 valence electrons. The number of nitrogens with zero attached hydrogens (tertiary/aromatic N) is 1. The number of rotatable bonds is 4. The summed E-state index contributed by atoms with van der Waals surface area (Å²) in [5.74, 6) is 0.995. The van der Waals surface area contributed by atoms with E-state index < -0.39 is 0 Å². The number of carbonyl (C=O) groups is 1. The molecule has 1 atom stereocenters. The van der Waals surface area contributed by atoms with E-state index in [1.54, 1.807) is 0 Å². The summed E-state index contributed by atoms with van der Waals surface area (Å²) in [6.45, 7) is 5.20. The van der Waals surface area contributed by atoms with Gasteiger partial charge in [-0.1, -0.05) is 17.7 Å². The van der Waals surface area contributed by atoms with Crippen LogP contribution in [-0.2, 0) is 9.53 Å². The zero-order valence-electron chi connectivity index (χ0n) is 12.3. The summed E-state index contributed by atoms with van der Waals surface area (Å²) in [5, 5.41) is 0. The van der Waals surface area contributed by atoms with E-state index in [9.17, 15) is 4.79 Å². The number of fused-ring (bicyclic) bond motifs is 3. The summed E-state index contributed by atoms with van der Waals surface area (Å²) in [5.41, 5.74) is 1.17. The zero-order chi connectivity index (χ0) is 13.9. The fourth-order valence-electron chi connectivity index (χ4n) is 3.02. The topological polar surface area (TPSA) is 38.8 Å². The Morgan fingerprint density at radius 3 is 2.48 bits per heavy atom. The lowest BCUT2D eigenvalue weighted by atomic mass is 9.86. The van der Waals surface area contributed by atoms with Crippen molar-refractivity contribution < 1.29 is 26.7 Å². The highest BCUT2D eigenvalue weighted by Crippen LogP contribution is 2.29. The van der Waals surface area contributed by atoms with Gasteiger partial charge >= 0.3 is 5.97 Å². The van der Waals surface area contributed by atoms with Crippen LogP contribution in [0.3, 0.4) is 0 Å². The van der Waals surface area contributed by atoms with Gasteiger partial charge in [0.15, 0.2) is 6.61 Å². The number of esters is 1. The molecule has 3 aliphatic heterocycles. The molecule has 0 amide bonds. The molecule has 1 aromatic rings. The zero-order valence-corrected chi connectivity index (χ0v) is 13.0. The second-order valence-corrected chi connectivity index (χ2v) is 5.77. The Morgan fingerprint density at radius 1 is 1.24 bits per heavy atom. The maximum Gasteiger partial charge on any atom is 0.344 e. The van der Waals surface area contributed by atoms with Crippen LogP contribution in [0.4, 0.5) is 0 Å². The quantitative estimate of drug-likeness (QED) is 0.670. The fraction of sp³-hybridized carbons (Fsp3) is 0.562. The number of hydrogen-bond donors (Lipinski definition) is 0. The number of piperidine rings is 3. The molecule has 0 N–H and O–H groups in total. The van der Waals surface area contributed by atoms with E-state index in [0.717, 1.165) is 32.5 Å². The summed E-state index contributed by atoms with van der Waals surface area (Å²) >= 11 is 0. The van der Waals surface area contributed by atoms with Gasteiger partial charge in [-0.25, -0.2) is 4.79 Å². The van der Waals surface area contributed by atoms with Gasteiger partial charge in [0.05, 0.1) is 0 Å². The second kappa shape index (κ2) is 7.14. The van der Waals surface area contributed by atoms with Crippen molar-refractivity contribution in [2.45, 2.75) is 25.9 Å². The van der Waals surface area contributed by atoms with Gasteiger partial charge in [-0.2, -0.15) is 0 Å². The maximum atomic E-state index is 11.9. The smallest absolute Gasteiger partial charge is 0.344 e. The van der Waals surface area contributed by atoms with E-state index >= 15 is 0 Å². The number of benzene rings is 1. The van der Waals surface area contributed by atoms with Crippen molar-refractivity contribution in [2.75, 3.05) is 26.2 Å². The average molecular weight is 311 g/mol. The normalized spacial score (nSPS) is 26.8. The summed E-state index contributed by atoms with van der Waals surface area (Å²) in [6, 6.07) is 7.68. The molecule has 3 fully saturated rings. The molecule has 0 aliphatic carbocycles. The van der Waals surface area contributed by atoms with Crippen LogP contribution in [-0.4, -0.2) is 43.2 Å². The Kier molecular flexibility index (Phi) is 5.48. The van der Waals surface area contributed by atoms with Crippen molar-refractivity contribution in [3.8, 4) is 5.75 Å². The van der Waals surface area contributed by atoms with Crippen LogP contribution in [0.25, 0.3) is 0 Å². The third kappa shape index (κ3) is 4.11. The Bertz CT molecular complexity index is 469. The minimum Gasteiger partial charge on any atom is -1.00 e. The van der Waals surface area contributed by atoms with E-state index in [-0.39, 0.29) is 31.1 Å². The van der Waals surface area contributed by atoms with Gasteiger partial charge in [0.25, 0.3) is 0 Å². The third-order valence-corrected chi connectivity index (χ3v) is 4.26. The lowest BCUT2D eigenvalue weighted by molar-refractivity contribution is -0.161. The SMILES string of the molecule is Cc1ccc(OCC(=O)OC2CN3CCC2CC3)cc1.[Cl-]. The molecule has 0 aromatic heterocycles. The van der Waals surface area contributed by atoms with E-state index in [1.165, 1.54) is 5.56 Å². The highest BCUT2D eigenvalue weighted by molar-refractivity contribution is 5.71. The Morgan fingerprint density at radius 2 is 1.90 bits per heavy atom. The van der Waals surface area contributed by atoms with E-state index in [0.29, 0.717) is 11.7 Å². The number of aryl methyl sites for hydroxylation is 1. The van der Waals surface area contributed by atoms with Gasteiger partial charge in [-0.15, -0.1) is 0 Å². The van der Waals surface area contributed by atoms with E-state index in [2.05, 4.69) is 4.90 Å². The van der Waals surface area contributed by atoms with Gasteiger partial charge < -0.3 is 21.9 Å². The molecule has 3 aliphatic rings. The maximum absolute atomic E-state index is 11.9. The van der Waals surface area contributed by atoms with Crippen molar-refractivity contribution in [2.24, 2.45) is 5.92 Å². The van der Waals surface area contributed by atoms with E-state index in [4.69, 9.17) is 9.47 Å². The van der Waals surface area contributed by atoms with Crippen LogP contribution in [0.5, 0.6) is 5.75 Å². The van der Waals surface area contributed by atoms with Gasteiger partial charge in [0.1, 0.15) is 11.9 Å². The van der Waals surface area contributed by atoms with Crippen molar-refractivity contribution >= 4 is 5.97 Å². The second-order valence-electron chi connectivity index (χ2n) is 5.77. The molecule has 3 heterocycles. The van der Waals surface area contributed by atoms with Crippen molar-refractivity contribution in [1.82, 2.24) is 4.90 Å². The lowest BCUT2D eigenvalue weighted by Gasteiger charge is -2.43. The Balaban J connectivity index is 0.00000161. The molecule has 1 unspecified atom stereocenters. The first-order chi connectivity index (χ1) is 9.70. The molecule has 0 spiro atoms. The van der Waals surface area contributed by atoms with Crippen LogP contribution in [0, 0.1) is 12.8 Å². The summed E-state index contributed by atoms with van der Waals surface area (Å²) in [6.07, 6.45) is 2.36. The van der Waals surface area contributed by atoms with Crippen LogP contribution >= 0.6 is 0 Å². The molecule has 0 radical (unpaired) electrons. The number of hydrogen-bond acceptors (Lipinski definition) is 4. The Labute approximate surface area is 131 Å². The van der Waals surface area contributed by atoms with E-state index in [1.807, 2.05) is 31.2 Å². The number of halogens is 1.